The molecule has 36 heavy (non-hydrogen) atoms. The highest BCUT2D eigenvalue weighted by molar-refractivity contribution is 6.05. The van der Waals surface area contributed by atoms with Crippen LogP contribution in [0, 0.1) is 6.92 Å². The lowest BCUT2D eigenvalue weighted by atomic mass is 10.1. The van der Waals surface area contributed by atoms with E-state index in [4.69, 9.17) is 0 Å². The molecule has 1 heterocycles. The molecule has 3 aromatic carbocycles. The molecule has 0 bridgehead atoms. The quantitative estimate of drug-likeness (QED) is 0.326. The van der Waals surface area contributed by atoms with E-state index in [2.05, 4.69) is 15.7 Å². The molecule has 1 aliphatic carbocycles. The minimum absolute atomic E-state index is 0.0194. The Morgan fingerprint density at radius 3 is 2.47 bits per heavy atom. The van der Waals surface area contributed by atoms with Crippen LogP contribution in [0.25, 0.3) is 11.3 Å². The number of hydrogen-bond donors (Lipinski definition) is 3. The zero-order valence-electron chi connectivity index (χ0n) is 20.1. The van der Waals surface area contributed by atoms with Crippen LogP contribution in [0.3, 0.4) is 0 Å². The van der Waals surface area contributed by atoms with E-state index in [0.717, 1.165) is 36.1 Å². The largest absolute Gasteiger partial charge is 0.507 e. The highest BCUT2D eigenvalue weighted by Gasteiger charge is 2.30. The monoisotopic (exact) mass is 480 g/mol. The minimum Gasteiger partial charge on any atom is -0.507 e. The van der Waals surface area contributed by atoms with Crippen LogP contribution in [0.15, 0.2) is 78.9 Å². The standard InChI is InChI=1S/C29H28N4O3/c1-19-7-5-6-10-23(19)28(35)31-22-13-14-24(27(34)17-22)25-18-26(21-11-12-21)33(32-25)29(36)30-16-15-20-8-3-2-4-9-20/h2-10,13-14,17-18,21,34H,11-12,15-16H2,1H3,(H,30,36)(H,31,35). The predicted octanol–water partition coefficient (Wildman–Crippen LogP) is 5.49. The number of nitrogens with zero attached hydrogens (tertiary/aromatic N) is 2. The van der Waals surface area contributed by atoms with E-state index in [1.54, 1.807) is 18.2 Å². The number of rotatable bonds is 7. The topological polar surface area (TPSA) is 96.3 Å². The molecule has 1 aromatic heterocycles. The van der Waals surface area contributed by atoms with Crippen molar-refractivity contribution in [3.05, 3.63) is 101 Å². The van der Waals surface area contributed by atoms with Gasteiger partial charge >= 0.3 is 6.03 Å². The molecule has 1 saturated carbocycles. The zero-order valence-corrected chi connectivity index (χ0v) is 20.1. The highest BCUT2D eigenvalue weighted by Crippen LogP contribution is 2.42. The third-order valence-corrected chi connectivity index (χ3v) is 6.38. The number of anilines is 1. The lowest BCUT2D eigenvalue weighted by molar-refractivity contribution is 0.102. The first kappa shape index (κ1) is 23.4. The maximum atomic E-state index is 12.9. The number of aryl methyl sites for hydroxylation is 1. The van der Waals surface area contributed by atoms with Gasteiger partial charge in [-0.3, -0.25) is 4.79 Å². The summed E-state index contributed by atoms with van der Waals surface area (Å²) in [7, 11) is 0. The average Bonchev–Trinajstić information content (AvgIpc) is 3.63. The normalized spacial score (nSPS) is 12.8. The van der Waals surface area contributed by atoms with Crippen LogP contribution < -0.4 is 10.6 Å². The molecular formula is C29H28N4O3. The third-order valence-electron chi connectivity index (χ3n) is 6.38. The third kappa shape index (κ3) is 5.15. The van der Waals surface area contributed by atoms with Crippen molar-refractivity contribution >= 4 is 17.6 Å². The molecule has 3 N–H and O–H groups in total. The van der Waals surface area contributed by atoms with Gasteiger partial charge in [-0.05, 0) is 61.6 Å². The molecule has 0 saturated heterocycles. The van der Waals surface area contributed by atoms with Crippen molar-refractivity contribution in [3.63, 3.8) is 0 Å². The number of carbonyl (C=O) groups is 2. The average molecular weight is 481 g/mol. The van der Waals surface area contributed by atoms with Crippen molar-refractivity contribution in [2.75, 3.05) is 11.9 Å². The van der Waals surface area contributed by atoms with Crippen LogP contribution in [0.4, 0.5) is 10.5 Å². The summed E-state index contributed by atoms with van der Waals surface area (Å²) >= 11 is 0. The highest BCUT2D eigenvalue weighted by atomic mass is 16.3. The molecule has 0 spiro atoms. The molecule has 0 atom stereocenters. The van der Waals surface area contributed by atoms with Crippen molar-refractivity contribution in [3.8, 4) is 17.0 Å². The number of aromatic nitrogens is 2. The van der Waals surface area contributed by atoms with Crippen molar-refractivity contribution < 1.29 is 14.7 Å². The molecule has 0 unspecified atom stereocenters. The molecular weight excluding hydrogens is 452 g/mol. The number of amides is 2. The second kappa shape index (κ2) is 10.1. The van der Waals surface area contributed by atoms with Crippen molar-refractivity contribution in [1.82, 2.24) is 15.1 Å². The molecule has 7 nitrogen and oxygen atoms in total. The Balaban J connectivity index is 1.31. The van der Waals surface area contributed by atoms with Crippen LogP contribution in [0.2, 0.25) is 0 Å². The van der Waals surface area contributed by atoms with Gasteiger partial charge in [0.2, 0.25) is 0 Å². The second-order valence-electron chi connectivity index (χ2n) is 9.11. The van der Waals surface area contributed by atoms with E-state index < -0.39 is 0 Å². The van der Waals surface area contributed by atoms with Gasteiger partial charge in [0.15, 0.2) is 0 Å². The SMILES string of the molecule is Cc1ccccc1C(=O)Nc1ccc(-c2cc(C3CC3)n(C(=O)NCCc3ccccc3)n2)c(O)c1. The van der Waals surface area contributed by atoms with E-state index in [-0.39, 0.29) is 17.7 Å². The lowest BCUT2D eigenvalue weighted by Crippen LogP contribution is -2.32. The van der Waals surface area contributed by atoms with Gasteiger partial charge in [0.05, 0.1) is 11.4 Å². The van der Waals surface area contributed by atoms with E-state index in [1.807, 2.05) is 61.5 Å². The fraction of sp³-hybridized carbons (Fsp3) is 0.207. The first-order valence-corrected chi connectivity index (χ1v) is 12.1. The molecule has 1 aliphatic rings. The fourth-order valence-corrected chi connectivity index (χ4v) is 4.25. The molecule has 5 rings (SSSR count). The molecule has 7 heteroatoms. The van der Waals surface area contributed by atoms with Crippen molar-refractivity contribution in [2.24, 2.45) is 0 Å². The molecule has 0 radical (unpaired) electrons. The van der Waals surface area contributed by atoms with Gasteiger partial charge < -0.3 is 15.7 Å². The Morgan fingerprint density at radius 2 is 1.75 bits per heavy atom. The maximum absolute atomic E-state index is 12.9. The van der Waals surface area contributed by atoms with E-state index in [1.165, 1.54) is 10.7 Å². The first-order chi connectivity index (χ1) is 17.5. The summed E-state index contributed by atoms with van der Waals surface area (Å²) in [5.74, 6) is 0.0303. The van der Waals surface area contributed by atoms with Crippen molar-refractivity contribution in [2.45, 2.75) is 32.1 Å². The molecule has 182 valence electrons. The smallest absolute Gasteiger partial charge is 0.342 e. The van der Waals surface area contributed by atoms with Gasteiger partial charge in [0.25, 0.3) is 5.91 Å². The molecule has 2 amide bonds. The van der Waals surface area contributed by atoms with Crippen LogP contribution in [-0.2, 0) is 6.42 Å². The Morgan fingerprint density at radius 1 is 1.00 bits per heavy atom. The summed E-state index contributed by atoms with van der Waals surface area (Å²) in [5, 5.41) is 21.1. The van der Waals surface area contributed by atoms with Crippen LogP contribution >= 0.6 is 0 Å². The van der Waals surface area contributed by atoms with Crippen LogP contribution in [0.1, 0.15) is 45.9 Å². The van der Waals surface area contributed by atoms with Gasteiger partial charge in [-0.2, -0.15) is 9.78 Å². The predicted molar refractivity (Wildman–Crippen MR) is 139 cm³/mol. The number of phenolic OH excluding ortho intramolecular Hbond substituents is 1. The minimum atomic E-state index is -0.277. The summed E-state index contributed by atoms with van der Waals surface area (Å²) in [5.41, 5.74) is 4.94. The Labute approximate surface area is 209 Å². The van der Waals surface area contributed by atoms with E-state index in [0.29, 0.717) is 35.0 Å². The summed E-state index contributed by atoms with van der Waals surface area (Å²) in [6.07, 6.45) is 2.76. The van der Waals surface area contributed by atoms with E-state index >= 15 is 0 Å². The number of benzene rings is 3. The molecule has 1 fully saturated rings. The molecule has 0 aliphatic heterocycles. The van der Waals surface area contributed by atoms with Gasteiger partial charge in [-0.25, -0.2) is 4.79 Å². The lowest BCUT2D eigenvalue weighted by Gasteiger charge is -2.09. The van der Waals surface area contributed by atoms with Crippen LogP contribution in [-0.4, -0.2) is 33.4 Å². The zero-order chi connectivity index (χ0) is 25.1. The number of carbonyl (C=O) groups excluding carboxylic acids is 2. The Kier molecular flexibility index (Phi) is 6.54. The van der Waals surface area contributed by atoms with E-state index in [9.17, 15) is 14.7 Å². The maximum Gasteiger partial charge on any atom is 0.342 e. The summed E-state index contributed by atoms with van der Waals surface area (Å²) in [6.45, 7) is 2.38. The van der Waals surface area contributed by atoms with Crippen molar-refractivity contribution in [1.29, 1.82) is 0 Å². The summed E-state index contributed by atoms with van der Waals surface area (Å²) in [6, 6.07) is 23.8. The van der Waals surface area contributed by atoms with Gasteiger partial charge in [0, 0.05) is 35.3 Å². The number of hydrogen-bond acceptors (Lipinski definition) is 4. The van der Waals surface area contributed by atoms with Gasteiger partial charge in [0.1, 0.15) is 5.75 Å². The Bertz CT molecular complexity index is 1410. The molecule has 4 aromatic rings. The fourth-order valence-electron chi connectivity index (χ4n) is 4.25. The Hall–Kier alpha value is -4.39. The summed E-state index contributed by atoms with van der Waals surface area (Å²) in [4.78, 5) is 25.6. The second-order valence-corrected chi connectivity index (χ2v) is 9.11. The number of nitrogens with one attached hydrogen (secondary N) is 2. The van der Waals surface area contributed by atoms with Gasteiger partial charge in [-0.1, -0.05) is 48.5 Å². The number of aromatic hydroxyl groups is 1. The van der Waals surface area contributed by atoms with Crippen LogP contribution in [0.5, 0.6) is 5.75 Å². The summed E-state index contributed by atoms with van der Waals surface area (Å²) < 4.78 is 1.42. The number of phenols is 1. The van der Waals surface area contributed by atoms with Gasteiger partial charge in [-0.15, -0.1) is 0 Å². The first-order valence-electron chi connectivity index (χ1n) is 12.1.